The minimum atomic E-state index is -4.18. The Bertz CT molecular complexity index is 307. The maximum Gasteiger partial charge on any atom is 0.401 e. The number of rotatable bonds is 7. The smallest absolute Gasteiger partial charge is 0.297 e. The van der Waals surface area contributed by atoms with E-state index in [-0.39, 0.29) is 6.54 Å². The quantitative estimate of drug-likeness (QED) is 0.766. The number of halogens is 3. The second-order valence-electron chi connectivity index (χ2n) is 5.10. The molecule has 1 saturated carbocycles. The highest BCUT2D eigenvalue weighted by Gasteiger charge is 2.34. The summed E-state index contributed by atoms with van der Waals surface area (Å²) in [6.45, 7) is 3.16. The van der Waals surface area contributed by atoms with Gasteiger partial charge in [-0.15, -0.1) is 0 Å². The van der Waals surface area contributed by atoms with Gasteiger partial charge in [0.25, 0.3) is 0 Å². The molecule has 104 valence electrons. The first-order chi connectivity index (χ1) is 8.28. The van der Waals surface area contributed by atoms with Gasteiger partial charge in [-0.2, -0.15) is 18.4 Å². The van der Waals surface area contributed by atoms with Gasteiger partial charge in [0.05, 0.1) is 12.6 Å². The maximum atomic E-state index is 12.3. The van der Waals surface area contributed by atoms with Crippen LogP contribution in [0.5, 0.6) is 0 Å². The highest BCUT2D eigenvalue weighted by molar-refractivity contribution is 5.07. The summed E-state index contributed by atoms with van der Waals surface area (Å²) in [6, 6.07) is 2.54. The van der Waals surface area contributed by atoms with Crippen LogP contribution in [-0.2, 0) is 0 Å². The highest BCUT2D eigenvalue weighted by Crippen LogP contribution is 2.24. The van der Waals surface area contributed by atoms with Crippen molar-refractivity contribution in [2.75, 3.05) is 19.6 Å². The number of nitriles is 1. The Kier molecular flexibility index (Phi) is 5.00. The molecule has 0 heterocycles. The van der Waals surface area contributed by atoms with E-state index < -0.39 is 18.3 Å². The van der Waals surface area contributed by atoms with Gasteiger partial charge < -0.3 is 0 Å². The summed E-state index contributed by atoms with van der Waals surface area (Å²) in [4.78, 5) is 1.32. The fourth-order valence-electron chi connectivity index (χ4n) is 1.82. The van der Waals surface area contributed by atoms with Crippen LogP contribution in [0.2, 0.25) is 0 Å². The van der Waals surface area contributed by atoms with Crippen molar-refractivity contribution in [3.63, 3.8) is 0 Å². The molecule has 0 aliphatic heterocycles. The van der Waals surface area contributed by atoms with Crippen molar-refractivity contribution >= 4 is 0 Å². The van der Waals surface area contributed by atoms with Crippen LogP contribution in [0.4, 0.5) is 13.2 Å². The van der Waals surface area contributed by atoms with Gasteiger partial charge in [0.1, 0.15) is 5.54 Å². The lowest BCUT2D eigenvalue weighted by atomic mass is 9.99. The number of hydrogen-bond donors (Lipinski definition) is 1. The predicted molar refractivity (Wildman–Crippen MR) is 63.0 cm³/mol. The van der Waals surface area contributed by atoms with E-state index in [4.69, 9.17) is 5.26 Å². The van der Waals surface area contributed by atoms with E-state index in [0.29, 0.717) is 19.0 Å². The molecule has 0 bridgehead atoms. The minimum absolute atomic E-state index is 0.278. The average Bonchev–Trinajstić information content (AvgIpc) is 3.06. The summed E-state index contributed by atoms with van der Waals surface area (Å²) in [5, 5.41) is 12.3. The molecule has 0 saturated heterocycles. The second-order valence-corrected chi connectivity index (χ2v) is 5.10. The van der Waals surface area contributed by atoms with Crippen molar-refractivity contribution in [3.05, 3.63) is 0 Å². The Morgan fingerprint density at radius 3 is 2.39 bits per heavy atom. The number of hydrogen-bond acceptors (Lipinski definition) is 3. The SMILES string of the molecule is CCN(CCC(C)(C#N)NC1CC1)CC(F)(F)F. The van der Waals surface area contributed by atoms with Crippen LogP contribution >= 0.6 is 0 Å². The summed E-state index contributed by atoms with van der Waals surface area (Å²) in [5.41, 5.74) is -0.722. The molecular formula is C12H20F3N3. The Balaban J connectivity index is 2.42. The number of nitrogens with one attached hydrogen (secondary N) is 1. The van der Waals surface area contributed by atoms with Crippen molar-refractivity contribution in [1.82, 2.24) is 10.2 Å². The Labute approximate surface area is 106 Å². The maximum absolute atomic E-state index is 12.3. The van der Waals surface area contributed by atoms with E-state index in [0.717, 1.165) is 12.8 Å². The first-order valence-electron chi connectivity index (χ1n) is 6.26. The van der Waals surface area contributed by atoms with Crippen LogP contribution in [0, 0.1) is 11.3 Å². The van der Waals surface area contributed by atoms with E-state index in [9.17, 15) is 13.2 Å². The lowest BCUT2D eigenvalue weighted by Crippen LogP contribution is -2.46. The summed E-state index contributed by atoms with van der Waals surface area (Å²) in [7, 11) is 0. The molecule has 0 aromatic rings. The van der Waals surface area contributed by atoms with Crippen LogP contribution in [0.1, 0.15) is 33.1 Å². The molecule has 0 radical (unpaired) electrons. The summed E-state index contributed by atoms with van der Waals surface area (Å²) in [6.07, 6.45) is -1.67. The van der Waals surface area contributed by atoms with Crippen LogP contribution in [0.3, 0.4) is 0 Å². The molecule has 0 aromatic heterocycles. The standard InChI is InChI=1S/C12H20F3N3/c1-3-18(9-12(13,14)15)7-6-11(2,8-16)17-10-4-5-10/h10,17H,3-7,9H2,1-2H3. The van der Waals surface area contributed by atoms with Gasteiger partial charge in [-0.05, 0) is 32.7 Å². The summed E-state index contributed by atoms with van der Waals surface area (Å²) in [5.74, 6) is 0. The predicted octanol–water partition coefficient (Wildman–Crippen LogP) is 2.29. The molecule has 1 fully saturated rings. The molecule has 6 heteroatoms. The van der Waals surface area contributed by atoms with Gasteiger partial charge >= 0.3 is 6.18 Å². The molecule has 1 unspecified atom stereocenters. The van der Waals surface area contributed by atoms with Gasteiger partial charge in [0, 0.05) is 12.6 Å². The van der Waals surface area contributed by atoms with E-state index in [2.05, 4.69) is 11.4 Å². The second kappa shape index (κ2) is 5.89. The van der Waals surface area contributed by atoms with Crippen molar-refractivity contribution in [1.29, 1.82) is 5.26 Å². The minimum Gasteiger partial charge on any atom is -0.297 e. The molecule has 3 nitrogen and oxygen atoms in total. The van der Waals surface area contributed by atoms with Crippen molar-refractivity contribution in [2.24, 2.45) is 0 Å². The highest BCUT2D eigenvalue weighted by atomic mass is 19.4. The first kappa shape index (κ1) is 15.3. The fourth-order valence-corrected chi connectivity index (χ4v) is 1.82. The van der Waals surface area contributed by atoms with Crippen LogP contribution in [-0.4, -0.2) is 42.3 Å². The van der Waals surface area contributed by atoms with Crippen LogP contribution < -0.4 is 5.32 Å². The Hall–Kier alpha value is -0.800. The zero-order valence-electron chi connectivity index (χ0n) is 10.8. The Morgan fingerprint density at radius 2 is 2.00 bits per heavy atom. The molecule has 1 N–H and O–H groups in total. The van der Waals surface area contributed by atoms with Gasteiger partial charge in [-0.1, -0.05) is 6.92 Å². The van der Waals surface area contributed by atoms with Crippen molar-refractivity contribution in [2.45, 2.75) is 50.9 Å². The lowest BCUT2D eigenvalue weighted by molar-refractivity contribution is -0.145. The third kappa shape index (κ3) is 5.69. The molecule has 0 spiro atoms. The monoisotopic (exact) mass is 263 g/mol. The van der Waals surface area contributed by atoms with Crippen LogP contribution in [0.25, 0.3) is 0 Å². The van der Waals surface area contributed by atoms with Crippen molar-refractivity contribution < 1.29 is 13.2 Å². The van der Waals surface area contributed by atoms with Gasteiger partial charge in [-0.3, -0.25) is 10.2 Å². The molecular weight excluding hydrogens is 243 g/mol. The van der Waals surface area contributed by atoms with Crippen molar-refractivity contribution in [3.8, 4) is 6.07 Å². The van der Waals surface area contributed by atoms with Gasteiger partial charge in [-0.25, -0.2) is 0 Å². The zero-order chi connectivity index (χ0) is 13.8. The molecule has 1 aliphatic rings. The average molecular weight is 263 g/mol. The fraction of sp³-hybridized carbons (Fsp3) is 0.917. The summed E-state index contributed by atoms with van der Waals surface area (Å²) >= 11 is 0. The molecule has 1 atom stereocenters. The number of nitrogens with zero attached hydrogens (tertiary/aromatic N) is 2. The molecule has 1 rings (SSSR count). The van der Waals surface area contributed by atoms with E-state index in [1.807, 2.05) is 0 Å². The van der Waals surface area contributed by atoms with E-state index >= 15 is 0 Å². The zero-order valence-corrected chi connectivity index (χ0v) is 10.8. The topological polar surface area (TPSA) is 39.1 Å². The first-order valence-corrected chi connectivity index (χ1v) is 6.26. The van der Waals surface area contributed by atoms with E-state index in [1.165, 1.54) is 4.90 Å². The molecule has 18 heavy (non-hydrogen) atoms. The summed E-state index contributed by atoms with van der Waals surface area (Å²) < 4.78 is 36.9. The molecule has 1 aliphatic carbocycles. The molecule has 0 amide bonds. The third-order valence-corrected chi connectivity index (χ3v) is 3.12. The Morgan fingerprint density at radius 1 is 1.39 bits per heavy atom. The number of alkyl halides is 3. The molecule has 0 aromatic carbocycles. The lowest BCUT2D eigenvalue weighted by Gasteiger charge is -2.28. The largest absolute Gasteiger partial charge is 0.401 e. The van der Waals surface area contributed by atoms with Gasteiger partial charge in [0.15, 0.2) is 0 Å². The van der Waals surface area contributed by atoms with Gasteiger partial charge in [0.2, 0.25) is 0 Å². The van der Waals surface area contributed by atoms with E-state index in [1.54, 1.807) is 13.8 Å². The third-order valence-electron chi connectivity index (χ3n) is 3.12. The van der Waals surface area contributed by atoms with Crippen LogP contribution in [0.15, 0.2) is 0 Å². The normalized spacial score (nSPS) is 19.6.